The fourth-order valence-electron chi connectivity index (χ4n) is 2.86. The van der Waals surface area contributed by atoms with Crippen LogP contribution in [0.4, 0.5) is 0 Å². The normalized spacial score (nSPS) is 28.6. The van der Waals surface area contributed by atoms with Gasteiger partial charge in [0.25, 0.3) is 0 Å². The molecule has 1 heterocycles. The van der Waals surface area contributed by atoms with Crippen LogP contribution in [-0.2, 0) is 0 Å². The maximum absolute atomic E-state index is 9.32. The monoisotopic (exact) mass is 212 g/mol. The van der Waals surface area contributed by atoms with E-state index >= 15 is 0 Å². The standard InChI is InChI=1S/C12H24N2O/c1-11(2)6-7-14(8-11)10-12(4-5-12)9-13(3)15/h15H,4-10H2,1-3H3. The fraction of sp³-hybridized carbons (Fsp3) is 1.00. The number of hydrogen-bond acceptors (Lipinski definition) is 3. The summed E-state index contributed by atoms with van der Waals surface area (Å²) in [4.78, 5) is 2.58. The van der Waals surface area contributed by atoms with Crippen LogP contribution in [0.15, 0.2) is 0 Å². The Bertz CT molecular complexity index is 234. The van der Waals surface area contributed by atoms with Crippen LogP contribution in [0.3, 0.4) is 0 Å². The van der Waals surface area contributed by atoms with E-state index in [0.29, 0.717) is 10.8 Å². The Balaban J connectivity index is 1.83. The lowest BCUT2D eigenvalue weighted by atomic mass is 9.93. The van der Waals surface area contributed by atoms with E-state index < -0.39 is 0 Å². The minimum atomic E-state index is 0.407. The minimum absolute atomic E-state index is 0.407. The second-order valence-electron chi connectivity index (χ2n) is 6.44. The molecule has 15 heavy (non-hydrogen) atoms. The zero-order valence-electron chi connectivity index (χ0n) is 10.3. The van der Waals surface area contributed by atoms with Crippen molar-refractivity contribution in [2.24, 2.45) is 10.8 Å². The molecule has 88 valence electrons. The first-order valence-electron chi connectivity index (χ1n) is 6.03. The van der Waals surface area contributed by atoms with Crippen LogP contribution in [0.5, 0.6) is 0 Å². The van der Waals surface area contributed by atoms with Crippen LogP contribution in [-0.4, -0.2) is 48.4 Å². The molecular weight excluding hydrogens is 188 g/mol. The van der Waals surface area contributed by atoms with Crippen molar-refractivity contribution in [3.05, 3.63) is 0 Å². The van der Waals surface area contributed by atoms with Crippen molar-refractivity contribution in [1.82, 2.24) is 9.96 Å². The third-order valence-electron chi connectivity index (χ3n) is 3.84. The topological polar surface area (TPSA) is 26.7 Å². The van der Waals surface area contributed by atoms with Crippen LogP contribution in [0.2, 0.25) is 0 Å². The van der Waals surface area contributed by atoms with E-state index in [0.717, 1.165) is 6.54 Å². The molecule has 2 rings (SSSR count). The van der Waals surface area contributed by atoms with Crippen molar-refractivity contribution < 1.29 is 5.21 Å². The summed E-state index contributed by atoms with van der Waals surface area (Å²) in [5.74, 6) is 0. The van der Waals surface area contributed by atoms with E-state index in [4.69, 9.17) is 0 Å². The minimum Gasteiger partial charge on any atom is -0.314 e. The first-order valence-corrected chi connectivity index (χ1v) is 6.03. The predicted octanol–water partition coefficient (Wildman–Crippen LogP) is 1.82. The Hall–Kier alpha value is -0.120. The van der Waals surface area contributed by atoms with E-state index in [1.165, 1.54) is 44.0 Å². The first-order chi connectivity index (χ1) is 6.91. The summed E-state index contributed by atoms with van der Waals surface area (Å²) in [5, 5.41) is 10.7. The van der Waals surface area contributed by atoms with E-state index in [-0.39, 0.29) is 0 Å². The highest BCUT2D eigenvalue weighted by atomic mass is 16.5. The molecule has 1 aliphatic carbocycles. The van der Waals surface area contributed by atoms with Gasteiger partial charge in [0.05, 0.1) is 0 Å². The number of hydroxylamine groups is 2. The zero-order chi connectivity index (χ0) is 11.1. The van der Waals surface area contributed by atoms with Gasteiger partial charge in [-0.25, -0.2) is 0 Å². The molecule has 0 atom stereocenters. The van der Waals surface area contributed by atoms with E-state index in [9.17, 15) is 5.21 Å². The Morgan fingerprint density at radius 3 is 2.33 bits per heavy atom. The smallest absolute Gasteiger partial charge is 0.0303 e. The van der Waals surface area contributed by atoms with Gasteiger partial charge in [0.1, 0.15) is 0 Å². The van der Waals surface area contributed by atoms with Crippen molar-refractivity contribution in [2.45, 2.75) is 33.1 Å². The van der Waals surface area contributed by atoms with Crippen molar-refractivity contribution in [3.8, 4) is 0 Å². The second kappa shape index (κ2) is 3.72. The number of rotatable bonds is 4. The van der Waals surface area contributed by atoms with Crippen LogP contribution in [0.1, 0.15) is 33.1 Å². The maximum atomic E-state index is 9.32. The summed E-state index contributed by atoms with van der Waals surface area (Å²) >= 11 is 0. The average molecular weight is 212 g/mol. The second-order valence-corrected chi connectivity index (χ2v) is 6.44. The van der Waals surface area contributed by atoms with Gasteiger partial charge in [-0.2, -0.15) is 5.06 Å². The molecule has 0 bridgehead atoms. The molecule has 0 aromatic heterocycles. The lowest BCUT2D eigenvalue weighted by Crippen LogP contribution is -2.35. The molecule has 1 N–H and O–H groups in total. The molecule has 1 saturated carbocycles. The van der Waals surface area contributed by atoms with Gasteiger partial charge in [-0.15, -0.1) is 0 Å². The van der Waals surface area contributed by atoms with Gasteiger partial charge >= 0.3 is 0 Å². The summed E-state index contributed by atoms with van der Waals surface area (Å²) in [6.07, 6.45) is 3.89. The van der Waals surface area contributed by atoms with Crippen molar-refractivity contribution in [2.75, 3.05) is 33.2 Å². The number of nitrogens with zero attached hydrogens (tertiary/aromatic N) is 2. The highest BCUT2D eigenvalue weighted by Gasteiger charge is 2.46. The first kappa shape index (κ1) is 11.4. The average Bonchev–Trinajstić information content (AvgIpc) is 2.70. The van der Waals surface area contributed by atoms with Crippen molar-refractivity contribution >= 4 is 0 Å². The van der Waals surface area contributed by atoms with Crippen LogP contribution >= 0.6 is 0 Å². The third kappa shape index (κ3) is 2.92. The van der Waals surface area contributed by atoms with Crippen LogP contribution in [0.25, 0.3) is 0 Å². The lowest BCUT2D eigenvalue weighted by Gasteiger charge is -2.26. The van der Waals surface area contributed by atoms with Gasteiger partial charge in [0.2, 0.25) is 0 Å². The van der Waals surface area contributed by atoms with Gasteiger partial charge in [-0.1, -0.05) is 13.8 Å². The van der Waals surface area contributed by atoms with Crippen molar-refractivity contribution in [3.63, 3.8) is 0 Å². The van der Waals surface area contributed by atoms with Gasteiger partial charge in [-0.05, 0) is 36.6 Å². The van der Waals surface area contributed by atoms with Gasteiger partial charge in [-0.3, -0.25) is 0 Å². The molecule has 0 radical (unpaired) electrons. The summed E-state index contributed by atoms with van der Waals surface area (Å²) in [7, 11) is 1.76. The molecule has 1 saturated heterocycles. The van der Waals surface area contributed by atoms with Gasteiger partial charge in [0, 0.05) is 26.7 Å². The number of likely N-dealkylation sites (tertiary alicyclic amines) is 1. The molecule has 2 aliphatic rings. The Labute approximate surface area is 93.0 Å². The summed E-state index contributed by atoms with van der Waals surface area (Å²) < 4.78 is 0. The SMILES string of the molecule is CN(O)CC1(CN2CCC(C)(C)C2)CC1. The van der Waals surface area contributed by atoms with Crippen LogP contribution < -0.4 is 0 Å². The molecule has 0 aromatic carbocycles. The summed E-state index contributed by atoms with van der Waals surface area (Å²) in [5.41, 5.74) is 0.908. The van der Waals surface area contributed by atoms with E-state index in [1.807, 2.05) is 0 Å². The highest BCUT2D eigenvalue weighted by molar-refractivity contribution is 4.98. The lowest BCUT2D eigenvalue weighted by molar-refractivity contribution is -0.0821. The molecule has 1 aliphatic heterocycles. The van der Waals surface area contributed by atoms with E-state index in [1.54, 1.807) is 7.05 Å². The quantitative estimate of drug-likeness (QED) is 0.720. The molecule has 0 aromatic rings. The molecule has 3 nitrogen and oxygen atoms in total. The maximum Gasteiger partial charge on any atom is 0.0303 e. The zero-order valence-corrected chi connectivity index (χ0v) is 10.3. The molecule has 0 unspecified atom stereocenters. The highest BCUT2D eigenvalue weighted by Crippen LogP contribution is 2.47. The molecular formula is C12H24N2O. The molecule has 0 amide bonds. The third-order valence-corrected chi connectivity index (χ3v) is 3.84. The Morgan fingerprint density at radius 1 is 1.27 bits per heavy atom. The molecule has 2 fully saturated rings. The van der Waals surface area contributed by atoms with Gasteiger partial charge in [0.15, 0.2) is 0 Å². The molecule has 0 spiro atoms. The molecule has 3 heteroatoms. The number of hydrogen-bond donors (Lipinski definition) is 1. The van der Waals surface area contributed by atoms with E-state index in [2.05, 4.69) is 18.7 Å². The summed E-state index contributed by atoms with van der Waals surface area (Å²) in [6.45, 7) is 9.19. The fourth-order valence-corrected chi connectivity index (χ4v) is 2.86. The Kier molecular flexibility index (Phi) is 2.82. The van der Waals surface area contributed by atoms with Crippen LogP contribution in [0, 0.1) is 10.8 Å². The van der Waals surface area contributed by atoms with Crippen molar-refractivity contribution in [1.29, 1.82) is 0 Å². The largest absolute Gasteiger partial charge is 0.314 e. The summed E-state index contributed by atoms with van der Waals surface area (Å²) in [6, 6.07) is 0. The Morgan fingerprint density at radius 2 is 1.93 bits per heavy atom. The predicted molar refractivity (Wildman–Crippen MR) is 60.9 cm³/mol. The van der Waals surface area contributed by atoms with Gasteiger partial charge < -0.3 is 10.1 Å².